The van der Waals surface area contributed by atoms with Gasteiger partial charge in [-0.3, -0.25) is 4.57 Å². The first-order valence-electron chi connectivity index (χ1n) is 16.2. The summed E-state index contributed by atoms with van der Waals surface area (Å²) in [6, 6.07) is 50.1. The number of para-hydroxylation sites is 3. The van der Waals surface area contributed by atoms with Crippen LogP contribution in [0.15, 0.2) is 146 Å². The van der Waals surface area contributed by atoms with Crippen molar-refractivity contribution in [3.05, 3.63) is 157 Å². The van der Waals surface area contributed by atoms with Crippen molar-refractivity contribution in [1.29, 1.82) is 0 Å². The summed E-state index contributed by atoms with van der Waals surface area (Å²) in [5.74, 6) is 0.671. The molecule has 0 saturated heterocycles. The molecule has 222 valence electrons. The van der Waals surface area contributed by atoms with Crippen molar-refractivity contribution in [3.63, 3.8) is 0 Å². The quantitative estimate of drug-likeness (QED) is 0.202. The summed E-state index contributed by atoms with van der Waals surface area (Å²) < 4.78 is 4.59. The lowest BCUT2D eigenvalue weighted by Gasteiger charge is -2.21. The lowest BCUT2D eigenvalue weighted by atomic mass is 9.82. The van der Waals surface area contributed by atoms with Gasteiger partial charge in [-0.1, -0.05) is 105 Å². The number of hydrogen-bond donors (Lipinski definition) is 0. The Hall–Kier alpha value is -6.00. The Morgan fingerprint density at radius 1 is 0.489 bits per heavy atom. The molecular weight excluding hydrogens is 573 g/mol. The Kier molecular flexibility index (Phi) is 5.31. The van der Waals surface area contributed by atoms with Gasteiger partial charge >= 0.3 is 0 Å². The molecule has 0 fully saturated rings. The van der Waals surface area contributed by atoms with E-state index < -0.39 is 0 Å². The van der Waals surface area contributed by atoms with Crippen LogP contribution >= 0.6 is 0 Å². The van der Waals surface area contributed by atoms with Crippen LogP contribution in [-0.4, -0.2) is 19.1 Å². The number of nitrogens with zero attached hydrogens (tertiary/aromatic N) is 4. The second-order valence-corrected chi connectivity index (χ2v) is 13.1. The highest BCUT2D eigenvalue weighted by molar-refractivity contribution is 6.12. The molecule has 47 heavy (non-hydrogen) atoms. The largest absolute Gasteiger partial charge is 0.309 e. The molecule has 0 aliphatic heterocycles. The van der Waals surface area contributed by atoms with E-state index in [2.05, 4.69) is 156 Å². The van der Waals surface area contributed by atoms with Crippen molar-refractivity contribution < 1.29 is 0 Å². The number of aromatic nitrogens is 4. The normalized spacial score (nSPS) is 13.5. The van der Waals surface area contributed by atoms with E-state index in [9.17, 15) is 0 Å². The Balaban J connectivity index is 1.16. The molecule has 0 atom stereocenters. The van der Waals surface area contributed by atoms with E-state index >= 15 is 0 Å². The second-order valence-electron chi connectivity index (χ2n) is 13.1. The fourth-order valence-electron chi connectivity index (χ4n) is 8.00. The third-order valence-corrected chi connectivity index (χ3v) is 10.2. The smallest absolute Gasteiger partial charge is 0.235 e. The zero-order valence-corrected chi connectivity index (χ0v) is 26.1. The van der Waals surface area contributed by atoms with Gasteiger partial charge in [0.1, 0.15) is 0 Å². The Morgan fingerprint density at radius 2 is 1.13 bits per heavy atom. The van der Waals surface area contributed by atoms with Crippen LogP contribution in [0.1, 0.15) is 25.0 Å². The summed E-state index contributed by atoms with van der Waals surface area (Å²) in [6.07, 6.45) is 1.89. The van der Waals surface area contributed by atoms with E-state index in [1.54, 1.807) is 0 Å². The van der Waals surface area contributed by atoms with Crippen molar-refractivity contribution in [2.24, 2.45) is 0 Å². The molecule has 0 bridgehead atoms. The first kappa shape index (κ1) is 26.2. The molecule has 4 nitrogen and oxygen atoms in total. The van der Waals surface area contributed by atoms with Crippen LogP contribution < -0.4 is 0 Å². The molecule has 0 saturated carbocycles. The predicted molar refractivity (Wildman–Crippen MR) is 194 cm³/mol. The Morgan fingerprint density at radius 3 is 1.87 bits per heavy atom. The highest BCUT2D eigenvalue weighted by Gasteiger charge is 2.36. The molecule has 0 amide bonds. The van der Waals surface area contributed by atoms with Gasteiger partial charge in [0.2, 0.25) is 5.95 Å². The molecule has 4 heteroatoms. The van der Waals surface area contributed by atoms with Crippen LogP contribution in [0.25, 0.3) is 77.6 Å². The average Bonchev–Trinajstić information content (AvgIpc) is 3.71. The van der Waals surface area contributed by atoms with E-state index in [0.29, 0.717) is 5.95 Å². The molecule has 3 heterocycles. The predicted octanol–water partition coefficient (Wildman–Crippen LogP) is 10.6. The van der Waals surface area contributed by atoms with Crippen molar-refractivity contribution in [2.45, 2.75) is 19.3 Å². The minimum atomic E-state index is -0.0998. The summed E-state index contributed by atoms with van der Waals surface area (Å²) >= 11 is 0. The lowest BCUT2D eigenvalue weighted by molar-refractivity contribution is 0.661. The standard InChI is InChI=1S/C43H30N4/c1-43(2)35-18-7-3-14-29(35)33-25-34-32-17-6-10-21-40(32)47(41(34)26-36(33)43)42-44-23-22-37(45-42)27-12-11-13-28(24-27)46-38-19-8-4-15-30(38)31-16-5-9-20-39(31)46/h3-26H,1-2H3. The minimum absolute atomic E-state index is 0.0998. The van der Waals surface area contributed by atoms with Crippen LogP contribution in [0.2, 0.25) is 0 Å². The monoisotopic (exact) mass is 602 g/mol. The molecule has 0 N–H and O–H groups in total. The van der Waals surface area contributed by atoms with Gasteiger partial charge in [0.15, 0.2) is 0 Å². The maximum Gasteiger partial charge on any atom is 0.235 e. The SMILES string of the molecule is CC1(C)c2ccccc2-c2cc3c4ccccc4n(-c4nccc(-c5cccc(-n6c7ccccc7c7ccccc76)c5)n4)c3cc21. The maximum atomic E-state index is 5.24. The van der Waals surface area contributed by atoms with E-state index in [1.807, 2.05) is 12.3 Å². The maximum absolute atomic E-state index is 5.24. The molecule has 10 rings (SSSR count). The Bertz CT molecular complexity index is 2670. The highest BCUT2D eigenvalue weighted by Crippen LogP contribution is 2.50. The zero-order valence-electron chi connectivity index (χ0n) is 26.1. The molecule has 0 spiro atoms. The fraction of sp³-hybridized carbons (Fsp3) is 0.0698. The van der Waals surface area contributed by atoms with Crippen molar-refractivity contribution in [3.8, 4) is 34.0 Å². The molecule has 9 aromatic rings. The fourth-order valence-corrected chi connectivity index (χ4v) is 8.00. The van der Waals surface area contributed by atoms with E-state index in [0.717, 1.165) is 28.0 Å². The third-order valence-electron chi connectivity index (χ3n) is 10.2. The summed E-state index contributed by atoms with van der Waals surface area (Å²) in [7, 11) is 0. The van der Waals surface area contributed by atoms with Gasteiger partial charge < -0.3 is 4.57 Å². The third kappa shape index (κ3) is 3.64. The van der Waals surface area contributed by atoms with Gasteiger partial charge in [-0.05, 0) is 70.8 Å². The molecule has 1 aliphatic rings. The lowest BCUT2D eigenvalue weighted by Crippen LogP contribution is -2.15. The summed E-state index contributed by atoms with van der Waals surface area (Å²) in [5.41, 5.74) is 12.9. The van der Waals surface area contributed by atoms with Crippen LogP contribution in [0.5, 0.6) is 0 Å². The number of hydrogen-bond acceptors (Lipinski definition) is 2. The first-order valence-corrected chi connectivity index (χ1v) is 16.2. The summed E-state index contributed by atoms with van der Waals surface area (Å²) in [5, 5.41) is 4.92. The molecule has 0 unspecified atom stereocenters. The summed E-state index contributed by atoms with van der Waals surface area (Å²) in [6.45, 7) is 4.66. The summed E-state index contributed by atoms with van der Waals surface area (Å²) in [4.78, 5) is 10.1. The second kappa shape index (κ2) is 9.51. The van der Waals surface area contributed by atoms with Crippen molar-refractivity contribution >= 4 is 43.6 Å². The van der Waals surface area contributed by atoms with Crippen LogP contribution in [-0.2, 0) is 5.41 Å². The molecule has 6 aromatic carbocycles. The van der Waals surface area contributed by atoms with Gasteiger partial charge in [0.25, 0.3) is 0 Å². The van der Waals surface area contributed by atoms with Gasteiger partial charge in [0.05, 0.1) is 27.8 Å². The topological polar surface area (TPSA) is 35.6 Å². The minimum Gasteiger partial charge on any atom is -0.309 e. The van der Waals surface area contributed by atoms with E-state index in [1.165, 1.54) is 54.8 Å². The van der Waals surface area contributed by atoms with Crippen molar-refractivity contribution in [2.75, 3.05) is 0 Å². The molecule has 1 aliphatic carbocycles. The van der Waals surface area contributed by atoms with E-state index in [-0.39, 0.29) is 5.41 Å². The molecule has 3 aromatic heterocycles. The highest BCUT2D eigenvalue weighted by atomic mass is 15.2. The average molecular weight is 603 g/mol. The number of rotatable bonds is 3. The van der Waals surface area contributed by atoms with E-state index in [4.69, 9.17) is 9.97 Å². The van der Waals surface area contributed by atoms with Crippen molar-refractivity contribution in [1.82, 2.24) is 19.1 Å². The van der Waals surface area contributed by atoms with Crippen LogP contribution in [0.3, 0.4) is 0 Å². The zero-order chi connectivity index (χ0) is 31.3. The van der Waals surface area contributed by atoms with Gasteiger partial charge in [-0.15, -0.1) is 0 Å². The molecular formula is C43H30N4. The van der Waals surface area contributed by atoms with Gasteiger partial charge in [-0.25, -0.2) is 9.97 Å². The first-order chi connectivity index (χ1) is 23.1. The Labute approximate surface area is 272 Å². The van der Waals surface area contributed by atoms with Crippen LogP contribution in [0, 0.1) is 0 Å². The number of benzene rings is 6. The van der Waals surface area contributed by atoms with Gasteiger partial charge in [-0.2, -0.15) is 0 Å². The molecule has 0 radical (unpaired) electrons. The number of fused-ring (bicyclic) bond motifs is 9. The van der Waals surface area contributed by atoms with Gasteiger partial charge in [0, 0.05) is 44.4 Å². The van der Waals surface area contributed by atoms with Crippen LogP contribution in [0.4, 0.5) is 0 Å².